The summed E-state index contributed by atoms with van der Waals surface area (Å²) in [5.74, 6) is 0. The fourth-order valence-electron chi connectivity index (χ4n) is 2.84. The topological polar surface area (TPSA) is 58.8 Å². The quantitative estimate of drug-likeness (QED) is 0.886. The molecule has 1 saturated heterocycles. The first kappa shape index (κ1) is 18.9. The molecule has 2 rings (SSSR count). The van der Waals surface area contributed by atoms with Crippen LogP contribution in [0.4, 0.5) is 4.79 Å². The van der Waals surface area contributed by atoms with E-state index in [4.69, 9.17) is 10.5 Å². The van der Waals surface area contributed by atoms with Crippen LogP contribution in [-0.4, -0.2) is 47.7 Å². The van der Waals surface area contributed by atoms with Crippen LogP contribution < -0.4 is 16.2 Å². The van der Waals surface area contributed by atoms with Gasteiger partial charge in [-0.05, 0) is 32.9 Å². The lowest BCUT2D eigenvalue weighted by Gasteiger charge is -2.38. The first-order chi connectivity index (χ1) is 11.7. The van der Waals surface area contributed by atoms with Gasteiger partial charge >= 0.3 is 6.09 Å². The molecule has 25 heavy (non-hydrogen) atoms. The number of nitrogens with zero attached hydrogens (tertiary/aromatic N) is 2. The molecule has 0 spiro atoms. The predicted molar refractivity (Wildman–Crippen MR) is 102 cm³/mol. The Morgan fingerprint density at radius 2 is 1.72 bits per heavy atom. The van der Waals surface area contributed by atoms with Crippen molar-refractivity contribution in [1.82, 2.24) is 9.80 Å². The van der Waals surface area contributed by atoms with Crippen molar-refractivity contribution in [3.8, 4) is 0 Å². The Labute approximate surface area is 150 Å². The van der Waals surface area contributed by atoms with E-state index in [1.54, 1.807) is 4.90 Å². The SMILES string of the molecule is C=c1cccc/c1=C(/C(N)=C\C)N1CCN(C(=O)OC(C)(C)C)CC1. The number of carbonyl (C=O) groups excluding carboxylic acids is 1. The van der Waals surface area contributed by atoms with Crippen molar-refractivity contribution in [3.05, 3.63) is 46.5 Å². The number of benzene rings is 1. The lowest BCUT2D eigenvalue weighted by molar-refractivity contribution is 0.0181. The summed E-state index contributed by atoms with van der Waals surface area (Å²) in [4.78, 5) is 16.2. The van der Waals surface area contributed by atoms with Gasteiger partial charge in [0.2, 0.25) is 0 Å². The minimum absolute atomic E-state index is 0.259. The zero-order valence-electron chi connectivity index (χ0n) is 15.7. The van der Waals surface area contributed by atoms with Gasteiger partial charge < -0.3 is 20.3 Å². The van der Waals surface area contributed by atoms with Gasteiger partial charge in [-0.25, -0.2) is 4.79 Å². The van der Waals surface area contributed by atoms with Crippen molar-refractivity contribution in [2.75, 3.05) is 26.2 Å². The minimum atomic E-state index is -0.478. The summed E-state index contributed by atoms with van der Waals surface area (Å²) in [6.07, 6.45) is 1.65. The summed E-state index contributed by atoms with van der Waals surface area (Å²) in [5, 5.41) is 1.97. The molecule has 0 aliphatic carbocycles. The van der Waals surface area contributed by atoms with E-state index < -0.39 is 5.60 Å². The lowest BCUT2D eigenvalue weighted by Crippen LogP contribution is -2.51. The second kappa shape index (κ2) is 7.64. The molecule has 1 aliphatic rings. The van der Waals surface area contributed by atoms with Crippen molar-refractivity contribution >= 4 is 18.4 Å². The third-order valence-corrected chi connectivity index (χ3v) is 4.10. The van der Waals surface area contributed by atoms with E-state index in [-0.39, 0.29) is 6.09 Å². The lowest BCUT2D eigenvalue weighted by atomic mass is 10.1. The number of hydrogen-bond donors (Lipinski definition) is 1. The van der Waals surface area contributed by atoms with E-state index in [0.29, 0.717) is 26.2 Å². The van der Waals surface area contributed by atoms with Gasteiger partial charge in [0.25, 0.3) is 0 Å². The molecule has 0 unspecified atom stereocenters. The Hall–Kier alpha value is -2.43. The smallest absolute Gasteiger partial charge is 0.410 e. The first-order valence-corrected chi connectivity index (χ1v) is 8.66. The van der Waals surface area contributed by atoms with E-state index in [2.05, 4.69) is 11.5 Å². The number of rotatable bonds is 2. The molecular formula is C20H29N3O2. The summed E-state index contributed by atoms with van der Waals surface area (Å²) in [7, 11) is 0. The highest BCUT2D eigenvalue weighted by Gasteiger charge is 2.27. The van der Waals surface area contributed by atoms with Crippen molar-refractivity contribution in [2.45, 2.75) is 33.3 Å². The number of piperazine rings is 1. The Morgan fingerprint density at radius 3 is 2.24 bits per heavy atom. The van der Waals surface area contributed by atoms with Gasteiger partial charge in [0, 0.05) is 31.4 Å². The molecule has 0 bridgehead atoms. The molecular weight excluding hydrogens is 314 g/mol. The maximum atomic E-state index is 12.2. The molecule has 1 heterocycles. The maximum Gasteiger partial charge on any atom is 0.410 e. The van der Waals surface area contributed by atoms with E-state index in [1.165, 1.54) is 0 Å². The highest BCUT2D eigenvalue weighted by atomic mass is 16.6. The standard InChI is InChI=1S/C20H29N3O2/c1-6-17(21)18(16-10-8-7-9-15(16)2)22-11-13-23(14-12-22)19(24)25-20(3,4)5/h6-10H,2,11-14,21H2,1,3-5H3/b17-6+,18-16+. The van der Waals surface area contributed by atoms with Crippen molar-refractivity contribution in [1.29, 1.82) is 0 Å². The van der Waals surface area contributed by atoms with Gasteiger partial charge in [0.1, 0.15) is 5.60 Å². The second-order valence-electron chi connectivity index (χ2n) is 7.20. The number of nitrogens with two attached hydrogens (primary N) is 1. The Bertz CT molecular complexity index is 754. The number of ether oxygens (including phenoxy) is 1. The minimum Gasteiger partial charge on any atom is -0.444 e. The third kappa shape index (κ3) is 4.78. The van der Waals surface area contributed by atoms with Crippen LogP contribution in [0.1, 0.15) is 27.7 Å². The van der Waals surface area contributed by atoms with Crippen molar-refractivity contribution in [3.63, 3.8) is 0 Å². The third-order valence-electron chi connectivity index (χ3n) is 4.10. The van der Waals surface area contributed by atoms with Gasteiger partial charge in [0.05, 0.1) is 11.4 Å². The molecule has 1 aliphatic heterocycles. The summed E-state index contributed by atoms with van der Waals surface area (Å²) in [5.41, 5.74) is 7.50. The second-order valence-corrected chi connectivity index (χ2v) is 7.20. The van der Waals surface area contributed by atoms with Crippen LogP contribution in [-0.2, 0) is 4.74 Å². The van der Waals surface area contributed by atoms with Gasteiger partial charge in [-0.1, -0.05) is 36.9 Å². The molecule has 0 radical (unpaired) electrons. The van der Waals surface area contributed by atoms with E-state index in [0.717, 1.165) is 21.8 Å². The zero-order chi connectivity index (χ0) is 18.6. The van der Waals surface area contributed by atoms with Crippen molar-refractivity contribution < 1.29 is 9.53 Å². The molecule has 0 aromatic heterocycles. The summed E-state index contributed by atoms with van der Waals surface area (Å²) in [6, 6.07) is 7.98. The van der Waals surface area contributed by atoms with Crippen molar-refractivity contribution in [2.24, 2.45) is 5.73 Å². The monoisotopic (exact) mass is 343 g/mol. The van der Waals surface area contributed by atoms with Gasteiger partial charge in [0.15, 0.2) is 0 Å². The molecule has 0 atom stereocenters. The molecule has 2 N–H and O–H groups in total. The average molecular weight is 343 g/mol. The summed E-state index contributed by atoms with van der Waals surface area (Å²) < 4.78 is 5.46. The largest absolute Gasteiger partial charge is 0.444 e. The fraction of sp³-hybridized carbons (Fsp3) is 0.450. The van der Waals surface area contributed by atoms with Gasteiger partial charge in [-0.15, -0.1) is 0 Å². The number of hydrogen-bond acceptors (Lipinski definition) is 4. The number of allylic oxidation sites excluding steroid dienone is 1. The first-order valence-electron chi connectivity index (χ1n) is 8.66. The molecule has 1 fully saturated rings. The molecule has 5 nitrogen and oxygen atoms in total. The number of carbonyl (C=O) groups is 1. The Kier molecular flexibility index (Phi) is 5.77. The highest BCUT2D eigenvalue weighted by molar-refractivity contribution is 5.68. The average Bonchev–Trinajstić information content (AvgIpc) is 2.55. The van der Waals surface area contributed by atoms with Crippen LogP contribution >= 0.6 is 0 Å². The van der Waals surface area contributed by atoms with Crippen LogP contribution in [0, 0.1) is 0 Å². The van der Waals surface area contributed by atoms with E-state index in [9.17, 15) is 4.79 Å². The summed E-state index contributed by atoms with van der Waals surface area (Å²) in [6.45, 7) is 14.3. The summed E-state index contributed by atoms with van der Waals surface area (Å²) >= 11 is 0. The molecule has 0 saturated carbocycles. The predicted octanol–water partition coefficient (Wildman–Crippen LogP) is 1.62. The molecule has 1 aromatic rings. The zero-order valence-corrected chi connectivity index (χ0v) is 15.7. The molecule has 1 aromatic carbocycles. The Morgan fingerprint density at radius 1 is 1.16 bits per heavy atom. The maximum absolute atomic E-state index is 12.2. The van der Waals surface area contributed by atoms with Crippen LogP contribution in [0.2, 0.25) is 0 Å². The molecule has 1 amide bonds. The van der Waals surface area contributed by atoms with Crippen LogP contribution in [0.3, 0.4) is 0 Å². The van der Waals surface area contributed by atoms with Gasteiger partial charge in [-0.2, -0.15) is 0 Å². The fourth-order valence-corrected chi connectivity index (χ4v) is 2.84. The Balaban J connectivity index is 2.23. The highest BCUT2D eigenvalue weighted by Crippen LogP contribution is 2.16. The van der Waals surface area contributed by atoms with Gasteiger partial charge in [-0.3, -0.25) is 0 Å². The number of amides is 1. The van der Waals surface area contributed by atoms with Crippen LogP contribution in [0.5, 0.6) is 0 Å². The van der Waals surface area contributed by atoms with E-state index in [1.807, 2.05) is 58.0 Å². The normalized spacial score (nSPS) is 17.4. The molecule has 5 heteroatoms. The van der Waals surface area contributed by atoms with Crippen LogP contribution in [0.15, 0.2) is 36.0 Å². The molecule has 136 valence electrons. The van der Waals surface area contributed by atoms with E-state index >= 15 is 0 Å². The van der Waals surface area contributed by atoms with Crippen LogP contribution in [0.25, 0.3) is 12.3 Å².